The Balaban J connectivity index is 1.29. The SMILES string of the molecule is Cc1ccccc1Cn1cc(NC(=S)N2CCN(Cc3c(F)cccc3Cl)CC2)cn1. The quantitative estimate of drug-likeness (QED) is 0.569. The van der Waals surface area contributed by atoms with Crippen molar-refractivity contribution in [3.05, 3.63) is 82.4 Å². The Labute approximate surface area is 192 Å². The van der Waals surface area contributed by atoms with Gasteiger partial charge in [0.2, 0.25) is 0 Å². The molecule has 162 valence electrons. The van der Waals surface area contributed by atoms with E-state index in [9.17, 15) is 4.39 Å². The average Bonchev–Trinajstić information content (AvgIpc) is 3.20. The Hall–Kier alpha value is -2.48. The van der Waals surface area contributed by atoms with Gasteiger partial charge in [-0.05, 0) is 42.4 Å². The van der Waals surface area contributed by atoms with Gasteiger partial charge in [-0.15, -0.1) is 0 Å². The van der Waals surface area contributed by atoms with Crippen molar-refractivity contribution in [3.8, 4) is 0 Å². The van der Waals surface area contributed by atoms with E-state index in [0.29, 0.717) is 22.2 Å². The van der Waals surface area contributed by atoms with Gasteiger partial charge in [-0.3, -0.25) is 9.58 Å². The zero-order valence-corrected chi connectivity index (χ0v) is 19.0. The minimum absolute atomic E-state index is 0.255. The summed E-state index contributed by atoms with van der Waals surface area (Å²) in [5, 5.41) is 8.89. The van der Waals surface area contributed by atoms with Crippen LogP contribution in [-0.2, 0) is 13.1 Å². The van der Waals surface area contributed by atoms with Gasteiger partial charge in [-0.1, -0.05) is 41.9 Å². The first-order chi connectivity index (χ1) is 15.0. The Kier molecular flexibility index (Phi) is 6.85. The lowest BCUT2D eigenvalue weighted by Crippen LogP contribution is -2.49. The van der Waals surface area contributed by atoms with E-state index in [-0.39, 0.29) is 5.82 Å². The van der Waals surface area contributed by atoms with E-state index < -0.39 is 0 Å². The number of rotatable bonds is 5. The highest BCUT2D eigenvalue weighted by atomic mass is 35.5. The molecule has 4 rings (SSSR count). The molecule has 1 N–H and O–H groups in total. The fourth-order valence-electron chi connectivity index (χ4n) is 3.70. The molecular weight excluding hydrogens is 433 g/mol. The van der Waals surface area contributed by atoms with E-state index in [1.807, 2.05) is 23.0 Å². The molecule has 1 saturated heterocycles. The van der Waals surface area contributed by atoms with Gasteiger partial charge in [0.1, 0.15) is 5.82 Å². The van der Waals surface area contributed by atoms with E-state index in [1.165, 1.54) is 17.2 Å². The summed E-state index contributed by atoms with van der Waals surface area (Å²) in [6.07, 6.45) is 3.76. The molecule has 1 aromatic heterocycles. The third-order valence-corrected chi connectivity index (χ3v) is 6.30. The van der Waals surface area contributed by atoms with Crippen molar-refractivity contribution < 1.29 is 4.39 Å². The number of nitrogens with one attached hydrogen (secondary N) is 1. The predicted octanol–water partition coefficient (Wildman–Crippen LogP) is 4.55. The van der Waals surface area contributed by atoms with Crippen LogP contribution in [0.3, 0.4) is 0 Å². The van der Waals surface area contributed by atoms with Gasteiger partial charge in [0, 0.05) is 49.5 Å². The number of nitrogens with zero attached hydrogens (tertiary/aromatic N) is 4. The van der Waals surface area contributed by atoms with E-state index in [1.54, 1.807) is 18.3 Å². The third-order valence-electron chi connectivity index (χ3n) is 5.58. The molecule has 0 atom stereocenters. The maximum Gasteiger partial charge on any atom is 0.173 e. The topological polar surface area (TPSA) is 36.3 Å². The van der Waals surface area contributed by atoms with E-state index in [0.717, 1.165) is 38.4 Å². The largest absolute Gasteiger partial charge is 0.346 e. The highest BCUT2D eigenvalue weighted by Crippen LogP contribution is 2.21. The number of hydrogen-bond acceptors (Lipinski definition) is 3. The van der Waals surface area contributed by atoms with Crippen LogP contribution in [-0.4, -0.2) is 50.9 Å². The number of thiocarbonyl (C=S) groups is 1. The van der Waals surface area contributed by atoms with E-state index in [4.69, 9.17) is 23.8 Å². The summed E-state index contributed by atoms with van der Waals surface area (Å²) in [5.74, 6) is -0.255. The molecule has 8 heteroatoms. The Morgan fingerprint density at radius 1 is 1.10 bits per heavy atom. The van der Waals surface area contributed by atoms with Gasteiger partial charge in [-0.2, -0.15) is 5.10 Å². The molecule has 5 nitrogen and oxygen atoms in total. The van der Waals surface area contributed by atoms with Crippen LogP contribution in [0.1, 0.15) is 16.7 Å². The second-order valence-corrected chi connectivity index (χ2v) is 8.54. The Bertz CT molecular complexity index is 1040. The second-order valence-electron chi connectivity index (χ2n) is 7.75. The molecule has 0 aliphatic carbocycles. The molecular formula is C23H25ClFN5S. The normalized spacial score (nSPS) is 14.6. The van der Waals surface area contributed by atoms with Gasteiger partial charge < -0.3 is 10.2 Å². The Morgan fingerprint density at radius 3 is 2.61 bits per heavy atom. The average molecular weight is 458 g/mol. The smallest absolute Gasteiger partial charge is 0.173 e. The second kappa shape index (κ2) is 9.77. The molecule has 0 amide bonds. The number of benzene rings is 2. The summed E-state index contributed by atoms with van der Waals surface area (Å²) in [6.45, 7) is 6.46. The number of halogens is 2. The number of anilines is 1. The van der Waals surface area contributed by atoms with Crippen molar-refractivity contribution in [1.82, 2.24) is 19.6 Å². The molecule has 0 spiro atoms. The summed E-state index contributed by atoms with van der Waals surface area (Å²) in [6, 6.07) is 13.1. The zero-order valence-electron chi connectivity index (χ0n) is 17.4. The van der Waals surface area contributed by atoms with Gasteiger partial charge in [0.15, 0.2) is 5.11 Å². The lowest BCUT2D eigenvalue weighted by Gasteiger charge is -2.36. The van der Waals surface area contributed by atoms with Crippen molar-refractivity contribution in [2.45, 2.75) is 20.0 Å². The van der Waals surface area contributed by atoms with Crippen molar-refractivity contribution in [1.29, 1.82) is 0 Å². The maximum atomic E-state index is 14.1. The van der Waals surface area contributed by atoms with Crippen LogP contribution in [0.15, 0.2) is 54.9 Å². The molecule has 0 unspecified atom stereocenters. The van der Waals surface area contributed by atoms with Gasteiger partial charge in [0.05, 0.1) is 18.4 Å². The van der Waals surface area contributed by atoms with E-state index >= 15 is 0 Å². The van der Waals surface area contributed by atoms with Gasteiger partial charge in [0.25, 0.3) is 0 Å². The van der Waals surface area contributed by atoms with Gasteiger partial charge >= 0.3 is 0 Å². The molecule has 1 aliphatic heterocycles. The van der Waals surface area contributed by atoms with Crippen LogP contribution < -0.4 is 5.32 Å². The summed E-state index contributed by atoms with van der Waals surface area (Å²) >= 11 is 11.8. The first kappa shape index (κ1) is 21.7. The number of hydrogen-bond donors (Lipinski definition) is 1. The number of aromatic nitrogens is 2. The third kappa shape index (κ3) is 5.42. The van der Waals surface area contributed by atoms with Crippen LogP contribution in [0.4, 0.5) is 10.1 Å². The number of aryl methyl sites for hydroxylation is 1. The molecule has 0 radical (unpaired) electrons. The van der Waals surface area contributed by atoms with Crippen molar-refractivity contribution in [3.63, 3.8) is 0 Å². The summed E-state index contributed by atoms with van der Waals surface area (Å²) in [4.78, 5) is 4.33. The molecule has 0 bridgehead atoms. The highest BCUT2D eigenvalue weighted by Gasteiger charge is 2.21. The molecule has 2 heterocycles. The Morgan fingerprint density at radius 2 is 1.87 bits per heavy atom. The molecule has 31 heavy (non-hydrogen) atoms. The van der Waals surface area contributed by atoms with Crippen molar-refractivity contribution in [2.24, 2.45) is 0 Å². The molecule has 3 aromatic rings. The standard InChI is InChI=1S/C23H25ClFN5S/c1-17-5-2-3-6-18(17)14-30-15-19(13-26-30)27-23(31)29-11-9-28(10-12-29)16-20-21(24)7-4-8-22(20)25/h2-8,13,15H,9-12,14,16H2,1H3,(H,27,31). The van der Waals surface area contributed by atoms with Gasteiger partial charge in [-0.25, -0.2) is 4.39 Å². The highest BCUT2D eigenvalue weighted by molar-refractivity contribution is 7.80. The zero-order chi connectivity index (χ0) is 21.8. The molecule has 1 aliphatic rings. The minimum atomic E-state index is -0.255. The first-order valence-electron chi connectivity index (χ1n) is 10.3. The van der Waals surface area contributed by atoms with Crippen LogP contribution in [0.2, 0.25) is 5.02 Å². The first-order valence-corrected chi connectivity index (χ1v) is 11.1. The number of piperazine rings is 1. The maximum absolute atomic E-state index is 14.1. The lowest BCUT2D eigenvalue weighted by atomic mass is 10.1. The monoisotopic (exact) mass is 457 g/mol. The van der Waals surface area contributed by atoms with Crippen LogP contribution in [0.25, 0.3) is 0 Å². The van der Waals surface area contributed by atoms with Crippen molar-refractivity contribution >= 4 is 34.6 Å². The molecule has 0 saturated carbocycles. The summed E-state index contributed by atoms with van der Waals surface area (Å²) in [5.41, 5.74) is 3.92. The fourth-order valence-corrected chi connectivity index (χ4v) is 4.22. The summed E-state index contributed by atoms with van der Waals surface area (Å²) in [7, 11) is 0. The predicted molar refractivity (Wildman–Crippen MR) is 127 cm³/mol. The summed E-state index contributed by atoms with van der Waals surface area (Å²) < 4.78 is 16.0. The molecule has 1 fully saturated rings. The lowest BCUT2D eigenvalue weighted by molar-refractivity contribution is 0.175. The van der Waals surface area contributed by atoms with Crippen LogP contribution in [0, 0.1) is 12.7 Å². The van der Waals surface area contributed by atoms with Crippen LogP contribution >= 0.6 is 23.8 Å². The van der Waals surface area contributed by atoms with Crippen LogP contribution in [0.5, 0.6) is 0 Å². The van der Waals surface area contributed by atoms with Crippen molar-refractivity contribution in [2.75, 3.05) is 31.5 Å². The van der Waals surface area contributed by atoms with E-state index in [2.05, 4.69) is 39.3 Å². The fraction of sp³-hybridized carbons (Fsp3) is 0.304. The minimum Gasteiger partial charge on any atom is -0.346 e. The molecule has 2 aromatic carbocycles.